The van der Waals surface area contributed by atoms with Crippen LogP contribution in [0.2, 0.25) is 0 Å². The van der Waals surface area contributed by atoms with E-state index in [9.17, 15) is 4.79 Å². The molecule has 124 valence electrons. The van der Waals surface area contributed by atoms with Gasteiger partial charge in [-0.2, -0.15) is 10.1 Å². The number of hydrogen-bond donors (Lipinski definition) is 0. The number of carbonyl (C=O) groups is 1. The Morgan fingerprint density at radius 1 is 1.48 bits per heavy atom. The molecule has 1 aliphatic rings. The van der Waals surface area contributed by atoms with Gasteiger partial charge in [0.2, 0.25) is 11.8 Å². The van der Waals surface area contributed by atoms with Crippen LogP contribution in [0.15, 0.2) is 17.2 Å². The maximum absolute atomic E-state index is 12.4. The van der Waals surface area contributed by atoms with Crippen molar-refractivity contribution in [2.45, 2.75) is 51.5 Å². The van der Waals surface area contributed by atoms with Gasteiger partial charge in [0.1, 0.15) is 12.7 Å². The second kappa shape index (κ2) is 7.34. The predicted octanol–water partition coefficient (Wildman–Crippen LogP) is 1.41. The highest BCUT2D eigenvalue weighted by atomic mass is 16.5. The lowest BCUT2D eigenvalue weighted by molar-refractivity contribution is -0.133. The Balaban J connectivity index is 1.46. The summed E-state index contributed by atoms with van der Waals surface area (Å²) in [5, 5.41) is 8.05. The Morgan fingerprint density at radius 2 is 2.39 bits per heavy atom. The zero-order valence-electron chi connectivity index (χ0n) is 13.4. The van der Waals surface area contributed by atoms with Crippen molar-refractivity contribution < 1.29 is 9.32 Å². The van der Waals surface area contributed by atoms with Crippen molar-refractivity contribution in [3.63, 3.8) is 0 Å². The summed E-state index contributed by atoms with van der Waals surface area (Å²) in [6.45, 7) is 3.52. The molecule has 8 nitrogen and oxygen atoms in total. The number of amides is 1. The van der Waals surface area contributed by atoms with Crippen LogP contribution >= 0.6 is 0 Å². The van der Waals surface area contributed by atoms with E-state index in [0.717, 1.165) is 38.1 Å². The third kappa shape index (κ3) is 3.94. The lowest BCUT2D eigenvalue weighted by atomic mass is 10.1. The van der Waals surface area contributed by atoms with Gasteiger partial charge in [0.15, 0.2) is 5.82 Å². The fourth-order valence-corrected chi connectivity index (χ4v) is 2.89. The minimum Gasteiger partial charge on any atom is -0.341 e. The number of hydrogen-bond acceptors (Lipinski definition) is 6. The van der Waals surface area contributed by atoms with E-state index < -0.39 is 0 Å². The molecule has 8 heteroatoms. The Labute approximate surface area is 134 Å². The van der Waals surface area contributed by atoms with Crippen molar-refractivity contribution in [3.05, 3.63) is 24.4 Å². The van der Waals surface area contributed by atoms with Crippen molar-refractivity contribution in [2.75, 3.05) is 13.1 Å². The van der Waals surface area contributed by atoms with Crippen LogP contribution in [0.25, 0.3) is 0 Å². The van der Waals surface area contributed by atoms with Crippen molar-refractivity contribution in [1.29, 1.82) is 0 Å². The smallest absolute Gasteiger partial charge is 0.226 e. The van der Waals surface area contributed by atoms with Crippen LogP contribution in [-0.4, -0.2) is 48.8 Å². The molecule has 1 aliphatic heterocycles. The average Bonchev–Trinajstić information content (AvgIpc) is 3.26. The van der Waals surface area contributed by atoms with E-state index in [-0.39, 0.29) is 11.9 Å². The summed E-state index contributed by atoms with van der Waals surface area (Å²) < 4.78 is 7.00. The lowest BCUT2D eigenvalue weighted by Gasteiger charge is -2.32. The summed E-state index contributed by atoms with van der Waals surface area (Å²) in [4.78, 5) is 22.6. The van der Waals surface area contributed by atoms with Gasteiger partial charge in [-0.1, -0.05) is 12.1 Å². The number of aromatic nitrogens is 5. The summed E-state index contributed by atoms with van der Waals surface area (Å²) >= 11 is 0. The van der Waals surface area contributed by atoms with E-state index in [4.69, 9.17) is 4.52 Å². The Bertz CT molecular complexity index is 624. The van der Waals surface area contributed by atoms with Crippen LogP contribution in [0.1, 0.15) is 50.4 Å². The molecule has 1 amide bonds. The number of aryl methyl sites for hydroxylation is 2. The molecule has 0 unspecified atom stereocenters. The SMILES string of the molecule is CCc1noc(CCCC(=O)N2CCC[C@@H](n3cncn3)C2)n1. The quantitative estimate of drug-likeness (QED) is 0.800. The molecule has 0 radical (unpaired) electrons. The molecule has 0 N–H and O–H groups in total. The molecule has 1 saturated heterocycles. The summed E-state index contributed by atoms with van der Waals surface area (Å²) in [5.41, 5.74) is 0. The van der Waals surface area contributed by atoms with Crippen LogP contribution in [0.4, 0.5) is 0 Å². The topological polar surface area (TPSA) is 89.9 Å². The number of nitrogens with zero attached hydrogens (tertiary/aromatic N) is 6. The van der Waals surface area contributed by atoms with E-state index in [0.29, 0.717) is 25.3 Å². The van der Waals surface area contributed by atoms with Crippen molar-refractivity contribution in [3.8, 4) is 0 Å². The second-order valence-electron chi connectivity index (χ2n) is 5.82. The summed E-state index contributed by atoms with van der Waals surface area (Å²) in [6.07, 6.45) is 7.95. The molecule has 2 aromatic heterocycles. The molecule has 1 atom stereocenters. The molecule has 23 heavy (non-hydrogen) atoms. The largest absolute Gasteiger partial charge is 0.341 e. The van der Waals surface area contributed by atoms with Crippen molar-refractivity contribution in [1.82, 2.24) is 29.8 Å². The van der Waals surface area contributed by atoms with Crippen LogP contribution < -0.4 is 0 Å². The zero-order chi connectivity index (χ0) is 16.1. The van der Waals surface area contributed by atoms with Crippen molar-refractivity contribution in [2.24, 2.45) is 0 Å². The molecule has 3 rings (SSSR count). The van der Waals surface area contributed by atoms with Gasteiger partial charge in [0.25, 0.3) is 0 Å². The first-order chi connectivity index (χ1) is 11.3. The fraction of sp³-hybridized carbons (Fsp3) is 0.667. The summed E-state index contributed by atoms with van der Waals surface area (Å²) in [7, 11) is 0. The number of carbonyl (C=O) groups excluding carboxylic acids is 1. The van der Waals surface area contributed by atoms with Crippen molar-refractivity contribution >= 4 is 5.91 Å². The van der Waals surface area contributed by atoms with Gasteiger partial charge < -0.3 is 9.42 Å². The average molecular weight is 318 g/mol. The monoisotopic (exact) mass is 318 g/mol. The third-order valence-electron chi connectivity index (χ3n) is 4.17. The third-order valence-corrected chi connectivity index (χ3v) is 4.17. The number of likely N-dealkylation sites (tertiary alicyclic amines) is 1. The van der Waals surface area contributed by atoms with E-state index >= 15 is 0 Å². The molecule has 2 aromatic rings. The van der Waals surface area contributed by atoms with E-state index in [1.807, 2.05) is 16.5 Å². The Hall–Kier alpha value is -2.25. The Morgan fingerprint density at radius 3 is 3.13 bits per heavy atom. The molecule has 0 aromatic carbocycles. The fourth-order valence-electron chi connectivity index (χ4n) is 2.89. The van der Waals surface area contributed by atoms with Gasteiger partial charge in [-0.25, -0.2) is 9.67 Å². The van der Waals surface area contributed by atoms with Crippen LogP contribution in [-0.2, 0) is 17.6 Å². The van der Waals surface area contributed by atoms with Gasteiger partial charge in [-0.3, -0.25) is 4.79 Å². The second-order valence-corrected chi connectivity index (χ2v) is 5.82. The normalized spacial score (nSPS) is 18.3. The molecule has 0 aliphatic carbocycles. The first-order valence-electron chi connectivity index (χ1n) is 8.19. The standard InChI is InChI=1S/C15H22N6O2/c1-2-13-18-14(23-19-13)6-3-7-15(22)20-8-4-5-12(9-20)21-11-16-10-17-21/h10-12H,2-9H2,1H3/t12-/m1/s1. The lowest BCUT2D eigenvalue weighted by Crippen LogP contribution is -2.40. The summed E-state index contributed by atoms with van der Waals surface area (Å²) in [6, 6.07) is 0.234. The zero-order valence-corrected chi connectivity index (χ0v) is 13.4. The maximum atomic E-state index is 12.4. The predicted molar refractivity (Wildman–Crippen MR) is 81.5 cm³/mol. The molecule has 0 spiro atoms. The molecule has 0 saturated carbocycles. The van der Waals surface area contributed by atoms with Gasteiger partial charge >= 0.3 is 0 Å². The highest BCUT2D eigenvalue weighted by Crippen LogP contribution is 2.21. The van der Waals surface area contributed by atoms with Crippen LogP contribution in [0.3, 0.4) is 0 Å². The molecular weight excluding hydrogens is 296 g/mol. The van der Waals surface area contributed by atoms with E-state index in [1.165, 1.54) is 6.33 Å². The first-order valence-corrected chi connectivity index (χ1v) is 8.19. The van der Waals surface area contributed by atoms with E-state index in [1.54, 1.807) is 6.33 Å². The number of rotatable bonds is 6. The molecule has 3 heterocycles. The van der Waals surface area contributed by atoms with Gasteiger partial charge in [0.05, 0.1) is 6.04 Å². The highest BCUT2D eigenvalue weighted by Gasteiger charge is 2.24. The molecule has 0 bridgehead atoms. The maximum Gasteiger partial charge on any atom is 0.226 e. The van der Waals surface area contributed by atoms with E-state index in [2.05, 4.69) is 20.2 Å². The Kier molecular flexibility index (Phi) is 4.99. The molecular formula is C15H22N6O2. The minimum absolute atomic E-state index is 0.185. The van der Waals surface area contributed by atoms with Gasteiger partial charge in [0, 0.05) is 32.4 Å². The molecule has 1 fully saturated rings. The number of piperidine rings is 1. The van der Waals surface area contributed by atoms with Gasteiger partial charge in [-0.15, -0.1) is 0 Å². The van der Waals surface area contributed by atoms with Gasteiger partial charge in [-0.05, 0) is 19.3 Å². The first kappa shape index (κ1) is 15.6. The van der Waals surface area contributed by atoms with Crippen LogP contribution in [0.5, 0.6) is 0 Å². The minimum atomic E-state index is 0.185. The summed E-state index contributed by atoms with van der Waals surface area (Å²) in [5.74, 6) is 1.52. The van der Waals surface area contributed by atoms with Crippen LogP contribution in [0, 0.1) is 0 Å². The highest BCUT2D eigenvalue weighted by molar-refractivity contribution is 5.76.